The lowest BCUT2D eigenvalue weighted by Gasteiger charge is -2.06. The Morgan fingerprint density at radius 3 is 2.67 bits per heavy atom. The minimum atomic E-state index is -0.580. The predicted octanol–water partition coefficient (Wildman–Crippen LogP) is 3.65. The largest absolute Gasteiger partial charge is 0.508 e. The number of ether oxygens (including phenoxy) is 2. The number of rotatable bonds is 6. The van der Waals surface area contributed by atoms with Crippen molar-refractivity contribution in [3.63, 3.8) is 0 Å². The maximum atomic E-state index is 12.0. The summed E-state index contributed by atoms with van der Waals surface area (Å²) in [6.07, 6.45) is 2.95. The van der Waals surface area contributed by atoms with Crippen LogP contribution in [0.4, 0.5) is 0 Å². The third-order valence-electron chi connectivity index (χ3n) is 3.79. The van der Waals surface area contributed by atoms with Crippen molar-refractivity contribution in [1.29, 1.82) is 0 Å². The van der Waals surface area contributed by atoms with Crippen molar-refractivity contribution < 1.29 is 23.8 Å². The van der Waals surface area contributed by atoms with E-state index in [0.29, 0.717) is 17.6 Å². The van der Waals surface area contributed by atoms with E-state index in [2.05, 4.69) is 0 Å². The Kier molecular flexibility index (Phi) is 5.56. The van der Waals surface area contributed by atoms with E-state index in [1.54, 1.807) is 12.1 Å². The van der Waals surface area contributed by atoms with Crippen LogP contribution in [0.5, 0.6) is 11.5 Å². The van der Waals surface area contributed by atoms with Crippen molar-refractivity contribution in [2.45, 2.75) is 13.5 Å². The van der Waals surface area contributed by atoms with Gasteiger partial charge in [0.2, 0.25) is 0 Å². The van der Waals surface area contributed by atoms with E-state index in [9.17, 15) is 14.7 Å². The van der Waals surface area contributed by atoms with E-state index in [1.807, 2.05) is 31.2 Å². The van der Waals surface area contributed by atoms with Gasteiger partial charge in [-0.2, -0.15) is 0 Å². The second-order valence-corrected chi connectivity index (χ2v) is 5.71. The third kappa shape index (κ3) is 4.76. The molecule has 0 amide bonds. The van der Waals surface area contributed by atoms with Gasteiger partial charge in [-0.05, 0) is 42.8 Å². The van der Waals surface area contributed by atoms with E-state index in [-0.39, 0.29) is 17.9 Å². The van der Waals surface area contributed by atoms with Crippen LogP contribution in [0, 0.1) is 0 Å². The summed E-state index contributed by atoms with van der Waals surface area (Å²) in [4.78, 5) is 23.6. The molecule has 1 heterocycles. The van der Waals surface area contributed by atoms with E-state index in [4.69, 9.17) is 13.9 Å². The summed E-state index contributed by atoms with van der Waals surface area (Å²) in [5, 5.41) is 10.1. The van der Waals surface area contributed by atoms with Crippen LogP contribution in [-0.4, -0.2) is 17.7 Å². The smallest absolute Gasteiger partial charge is 0.336 e. The van der Waals surface area contributed by atoms with Gasteiger partial charge in [-0.3, -0.25) is 0 Å². The zero-order valence-electron chi connectivity index (χ0n) is 14.7. The molecule has 27 heavy (non-hydrogen) atoms. The molecule has 0 aliphatic rings. The molecule has 0 aliphatic carbocycles. The molecule has 0 atom stereocenters. The highest BCUT2D eigenvalue weighted by Crippen LogP contribution is 2.22. The molecule has 0 fully saturated rings. The molecule has 2 aromatic carbocycles. The first-order chi connectivity index (χ1) is 13.0. The molecule has 3 aromatic rings. The Labute approximate surface area is 155 Å². The highest BCUT2D eigenvalue weighted by atomic mass is 16.5. The molecule has 6 nitrogen and oxygen atoms in total. The first-order valence-corrected chi connectivity index (χ1v) is 8.38. The number of esters is 1. The first kappa shape index (κ1) is 18.3. The van der Waals surface area contributed by atoms with Gasteiger partial charge in [-0.25, -0.2) is 9.59 Å². The van der Waals surface area contributed by atoms with Crippen LogP contribution < -0.4 is 10.4 Å². The second-order valence-electron chi connectivity index (χ2n) is 5.71. The summed E-state index contributed by atoms with van der Waals surface area (Å²) >= 11 is 0. The molecule has 138 valence electrons. The molecule has 1 aromatic heterocycles. The van der Waals surface area contributed by atoms with Crippen molar-refractivity contribution >= 4 is 23.0 Å². The zero-order chi connectivity index (χ0) is 19.2. The lowest BCUT2D eigenvalue weighted by atomic mass is 10.1. The van der Waals surface area contributed by atoms with Gasteiger partial charge in [0.1, 0.15) is 23.7 Å². The number of phenols is 1. The average Bonchev–Trinajstić information content (AvgIpc) is 2.65. The molecular formula is C21H18O6. The molecular weight excluding hydrogens is 348 g/mol. The van der Waals surface area contributed by atoms with Crippen LogP contribution in [0.3, 0.4) is 0 Å². The summed E-state index contributed by atoms with van der Waals surface area (Å²) in [5.74, 6) is 0.209. The molecule has 0 spiro atoms. The van der Waals surface area contributed by atoms with Crippen LogP contribution >= 0.6 is 0 Å². The molecule has 1 N–H and O–H groups in total. The average molecular weight is 366 g/mol. The van der Waals surface area contributed by atoms with Gasteiger partial charge in [-0.1, -0.05) is 12.1 Å². The topological polar surface area (TPSA) is 86.0 Å². The summed E-state index contributed by atoms with van der Waals surface area (Å²) in [5.41, 5.74) is 0.989. The molecule has 0 saturated heterocycles. The summed E-state index contributed by atoms with van der Waals surface area (Å²) in [6, 6.07) is 13.0. The van der Waals surface area contributed by atoms with Crippen LogP contribution in [0.1, 0.15) is 18.1 Å². The lowest BCUT2D eigenvalue weighted by Crippen LogP contribution is -2.05. The summed E-state index contributed by atoms with van der Waals surface area (Å²) in [6.45, 7) is 2.42. The van der Waals surface area contributed by atoms with Gasteiger partial charge in [-0.15, -0.1) is 0 Å². The van der Waals surface area contributed by atoms with Crippen molar-refractivity contribution in [2.24, 2.45) is 0 Å². The predicted molar refractivity (Wildman–Crippen MR) is 101 cm³/mol. The van der Waals surface area contributed by atoms with Gasteiger partial charge in [0.25, 0.3) is 0 Å². The number of hydrogen-bond donors (Lipinski definition) is 1. The Hall–Kier alpha value is -3.54. The number of benzene rings is 2. The van der Waals surface area contributed by atoms with Crippen molar-refractivity contribution in [2.75, 3.05) is 6.61 Å². The van der Waals surface area contributed by atoms with Gasteiger partial charge >= 0.3 is 11.6 Å². The molecule has 3 rings (SSSR count). The van der Waals surface area contributed by atoms with Crippen LogP contribution in [0.25, 0.3) is 17.0 Å². The lowest BCUT2D eigenvalue weighted by molar-refractivity contribution is -0.138. The minimum Gasteiger partial charge on any atom is -0.508 e. The highest BCUT2D eigenvalue weighted by Gasteiger charge is 2.08. The molecule has 0 unspecified atom stereocenters. The number of carbonyl (C=O) groups is 1. The fourth-order valence-corrected chi connectivity index (χ4v) is 2.54. The van der Waals surface area contributed by atoms with Crippen molar-refractivity contribution in [3.05, 3.63) is 76.2 Å². The molecule has 0 aliphatic heterocycles. The van der Waals surface area contributed by atoms with Crippen LogP contribution in [0.15, 0.2) is 63.8 Å². The van der Waals surface area contributed by atoms with E-state index < -0.39 is 11.6 Å². The second kappa shape index (κ2) is 8.23. The van der Waals surface area contributed by atoms with Crippen LogP contribution in [0.2, 0.25) is 0 Å². The van der Waals surface area contributed by atoms with E-state index in [1.165, 1.54) is 24.3 Å². The SMILES string of the molecule is CCOc1ccc(/C=C/C(=O)OCc2cc(=O)oc3cc(O)ccc23)cc1. The summed E-state index contributed by atoms with van der Waals surface area (Å²) < 4.78 is 15.6. The van der Waals surface area contributed by atoms with Gasteiger partial charge in [0.15, 0.2) is 0 Å². The summed E-state index contributed by atoms with van der Waals surface area (Å²) in [7, 11) is 0. The number of carbonyl (C=O) groups excluding carboxylic acids is 1. The monoisotopic (exact) mass is 366 g/mol. The number of hydrogen-bond acceptors (Lipinski definition) is 6. The quantitative estimate of drug-likeness (QED) is 0.407. The fourth-order valence-electron chi connectivity index (χ4n) is 2.54. The maximum absolute atomic E-state index is 12.0. The molecule has 0 bridgehead atoms. The molecule has 0 saturated carbocycles. The van der Waals surface area contributed by atoms with E-state index >= 15 is 0 Å². The minimum absolute atomic E-state index is 0.0157. The van der Waals surface area contributed by atoms with Gasteiger partial charge < -0.3 is 19.0 Å². The molecule has 6 heteroatoms. The van der Waals surface area contributed by atoms with Crippen molar-refractivity contribution in [1.82, 2.24) is 0 Å². The van der Waals surface area contributed by atoms with Gasteiger partial charge in [0, 0.05) is 29.2 Å². The Balaban J connectivity index is 1.67. The van der Waals surface area contributed by atoms with Crippen LogP contribution in [-0.2, 0) is 16.1 Å². The first-order valence-electron chi connectivity index (χ1n) is 8.38. The van der Waals surface area contributed by atoms with E-state index in [0.717, 1.165) is 11.3 Å². The van der Waals surface area contributed by atoms with Crippen molar-refractivity contribution in [3.8, 4) is 11.5 Å². The molecule has 0 radical (unpaired) electrons. The number of fused-ring (bicyclic) bond motifs is 1. The van der Waals surface area contributed by atoms with Gasteiger partial charge in [0.05, 0.1) is 6.61 Å². The number of aromatic hydroxyl groups is 1. The zero-order valence-corrected chi connectivity index (χ0v) is 14.7. The highest BCUT2D eigenvalue weighted by molar-refractivity contribution is 5.87. The normalized spacial score (nSPS) is 11.0. The Morgan fingerprint density at radius 1 is 1.15 bits per heavy atom. The maximum Gasteiger partial charge on any atom is 0.336 e. The fraction of sp³-hybridized carbons (Fsp3) is 0.143. The number of phenolic OH excluding ortho intramolecular Hbond substituents is 1. The standard InChI is InChI=1S/C21H18O6/c1-2-25-17-7-3-14(4-8-17)5-10-20(23)26-13-15-11-21(24)27-19-12-16(22)6-9-18(15)19/h3-12,22H,2,13H2,1H3/b10-5+. The third-order valence-corrected chi connectivity index (χ3v) is 3.79. The Morgan fingerprint density at radius 2 is 1.93 bits per heavy atom. The Bertz CT molecular complexity index is 1030.